The molecule has 210 valence electrons. The van der Waals surface area contributed by atoms with Crippen molar-refractivity contribution >= 4 is 22.5 Å². The highest BCUT2D eigenvalue weighted by atomic mass is 19.4. The summed E-state index contributed by atoms with van der Waals surface area (Å²) in [4.78, 5) is 24.7. The standard InChI is InChI=1S/C30H27F3N6O2/c1-17-11-23-25(5-6-26(41-4)27(23)35-14-17)39-9-7-20-21(24-16-37(3)36-28(24)30(31,32)33)12-19(13-22(20)29(39)40)15-38-10-8-34-18(38)2/h5-6,8,10-14,16H,7,9,15H2,1-4H3. The molecule has 0 spiro atoms. The predicted molar refractivity (Wildman–Crippen MR) is 148 cm³/mol. The SMILES string of the molecule is COc1ccc(N2CCc3c(cc(Cn4ccnc4C)cc3-c3cn(C)nc3C(F)(F)F)C2=O)c2cc(C)cnc12. The molecule has 0 unspecified atom stereocenters. The molecule has 6 rings (SSSR count). The first-order valence-electron chi connectivity index (χ1n) is 13.0. The van der Waals surface area contributed by atoms with Gasteiger partial charge in [0.2, 0.25) is 0 Å². The third-order valence-corrected chi connectivity index (χ3v) is 7.47. The van der Waals surface area contributed by atoms with Crippen LogP contribution in [0.1, 0.15) is 38.6 Å². The lowest BCUT2D eigenvalue weighted by molar-refractivity contribution is -0.140. The number of carbonyl (C=O) groups excluding carboxylic acids is 1. The Bertz CT molecular complexity index is 1820. The van der Waals surface area contributed by atoms with E-state index in [4.69, 9.17) is 4.74 Å². The van der Waals surface area contributed by atoms with Crippen molar-refractivity contribution in [1.29, 1.82) is 0 Å². The molecule has 8 nitrogen and oxygen atoms in total. The molecule has 41 heavy (non-hydrogen) atoms. The zero-order valence-electron chi connectivity index (χ0n) is 23.0. The molecule has 1 amide bonds. The molecule has 2 aromatic carbocycles. The number of amides is 1. The van der Waals surface area contributed by atoms with Gasteiger partial charge in [0.05, 0.1) is 12.8 Å². The van der Waals surface area contributed by atoms with Gasteiger partial charge in [0.1, 0.15) is 17.1 Å². The van der Waals surface area contributed by atoms with Crippen LogP contribution in [0.25, 0.3) is 22.0 Å². The average Bonchev–Trinajstić information content (AvgIpc) is 3.53. The van der Waals surface area contributed by atoms with Gasteiger partial charge < -0.3 is 14.2 Å². The number of imidazole rings is 1. The second-order valence-electron chi connectivity index (χ2n) is 10.2. The topological polar surface area (TPSA) is 78.1 Å². The Morgan fingerprint density at radius 2 is 1.83 bits per heavy atom. The number of halogens is 3. The van der Waals surface area contributed by atoms with Gasteiger partial charge in [0.15, 0.2) is 5.69 Å². The first kappa shape index (κ1) is 26.5. The van der Waals surface area contributed by atoms with Crippen molar-refractivity contribution in [3.63, 3.8) is 0 Å². The second-order valence-corrected chi connectivity index (χ2v) is 10.2. The number of alkyl halides is 3. The minimum Gasteiger partial charge on any atom is -0.494 e. The summed E-state index contributed by atoms with van der Waals surface area (Å²) in [6.45, 7) is 4.40. The van der Waals surface area contributed by atoms with Gasteiger partial charge in [0, 0.05) is 61.4 Å². The number of aryl methyl sites for hydroxylation is 3. The van der Waals surface area contributed by atoms with Crippen molar-refractivity contribution in [3.05, 3.63) is 88.9 Å². The van der Waals surface area contributed by atoms with Crippen molar-refractivity contribution in [3.8, 4) is 16.9 Å². The zero-order valence-corrected chi connectivity index (χ0v) is 23.0. The smallest absolute Gasteiger partial charge is 0.435 e. The van der Waals surface area contributed by atoms with E-state index in [0.29, 0.717) is 52.2 Å². The fourth-order valence-electron chi connectivity index (χ4n) is 5.57. The molecule has 0 fully saturated rings. The second kappa shape index (κ2) is 9.76. The quantitative estimate of drug-likeness (QED) is 0.275. The molecule has 0 bridgehead atoms. The van der Waals surface area contributed by atoms with Gasteiger partial charge >= 0.3 is 6.18 Å². The minimum atomic E-state index is -4.65. The molecule has 3 aromatic heterocycles. The molecule has 0 aliphatic carbocycles. The summed E-state index contributed by atoms with van der Waals surface area (Å²) < 4.78 is 50.7. The number of fused-ring (bicyclic) bond motifs is 2. The number of methoxy groups -OCH3 is 1. The first-order valence-corrected chi connectivity index (χ1v) is 13.0. The fraction of sp³-hybridized carbons (Fsp3) is 0.267. The van der Waals surface area contributed by atoms with E-state index >= 15 is 0 Å². The van der Waals surface area contributed by atoms with E-state index in [9.17, 15) is 18.0 Å². The number of pyridine rings is 1. The highest BCUT2D eigenvalue weighted by molar-refractivity contribution is 6.13. The van der Waals surface area contributed by atoms with Gasteiger partial charge in [-0.2, -0.15) is 18.3 Å². The zero-order chi connectivity index (χ0) is 29.1. The molecular formula is C30H27F3N6O2. The third-order valence-electron chi connectivity index (χ3n) is 7.47. The van der Waals surface area contributed by atoms with E-state index in [1.165, 1.54) is 13.2 Å². The third kappa shape index (κ3) is 4.60. The van der Waals surface area contributed by atoms with Crippen LogP contribution in [-0.2, 0) is 26.2 Å². The van der Waals surface area contributed by atoms with Crippen molar-refractivity contribution in [1.82, 2.24) is 24.3 Å². The molecule has 4 heterocycles. The van der Waals surface area contributed by atoms with Crippen molar-refractivity contribution in [2.75, 3.05) is 18.6 Å². The monoisotopic (exact) mass is 560 g/mol. The van der Waals surface area contributed by atoms with E-state index in [1.807, 2.05) is 30.5 Å². The predicted octanol–water partition coefficient (Wildman–Crippen LogP) is 5.73. The van der Waals surface area contributed by atoms with Crippen LogP contribution in [0.15, 0.2) is 55.1 Å². The van der Waals surface area contributed by atoms with Crippen LogP contribution in [0.2, 0.25) is 0 Å². The molecule has 0 N–H and O–H groups in total. The summed E-state index contributed by atoms with van der Waals surface area (Å²) in [5.74, 6) is 1.05. The van der Waals surface area contributed by atoms with E-state index < -0.39 is 11.9 Å². The van der Waals surface area contributed by atoms with Crippen LogP contribution in [0, 0.1) is 13.8 Å². The summed E-state index contributed by atoms with van der Waals surface area (Å²) in [6.07, 6.45) is 2.28. The van der Waals surface area contributed by atoms with Gasteiger partial charge in [0.25, 0.3) is 5.91 Å². The van der Waals surface area contributed by atoms with Gasteiger partial charge in [-0.15, -0.1) is 0 Å². The number of nitrogens with zero attached hydrogens (tertiary/aromatic N) is 6. The van der Waals surface area contributed by atoms with Crippen LogP contribution < -0.4 is 9.64 Å². The molecule has 0 saturated heterocycles. The Hall–Kier alpha value is -4.67. The van der Waals surface area contributed by atoms with E-state index in [-0.39, 0.29) is 18.0 Å². The largest absolute Gasteiger partial charge is 0.494 e. The fourth-order valence-corrected chi connectivity index (χ4v) is 5.57. The lowest BCUT2D eigenvalue weighted by Crippen LogP contribution is -2.38. The minimum absolute atomic E-state index is 0.0450. The summed E-state index contributed by atoms with van der Waals surface area (Å²) in [7, 11) is 3.03. The number of hydrogen-bond acceptors (Lipinski definition) is 5. The van der Waals surface area contributed by atoms with Crippen LogP contribution in [-0.4, -0.2) is 43.9 Å². The molecule has 1 aliphatic rings. The van der Waals surface area contributed by atoms with Gasteiger partial charge in [-0.05, 0) is 72.9 Å². The van der Waals surface area contributed by atoms with Crippen molar-refractivity contribution in [2.24, 2.45) is 7.05 Å². The Morgan fingerprint density at radius 3 is 2.54 bits per heavy atom. The van der Waals surface area contributed by atoms with E-state index in [2.05, 4.69) is 15.1 Å². The highest BCUT2D eigenvalue weighted by Crippen LogP contribution is 2.41. The number of aromatic nitrogens is 5. The number of hydrogen-bond donors (Lipinski definition) is 0. The van der Waals surface area contributed by atoms with Crippen LogP contribution in [0.5, 0.6) is 5.75 Å². The molecule has 0 radical (unpaired) electrons. The number of carbonyl (C=O) groups is 1. The molecular weight excluding hydrogens is 533 g/mol. The lowest BCUT2D eigenvalue weighted by Gasteiger charge is -2.31. The Morgan fingerprint density at radius 1 is 1.05 bits per heavy atom. The summed E-state index contributed by atoms with van der Waals surface area (Å²) in [6, 6.07) is 9.08. The maximum atomic E-state index is 14.2. The summed E-state index contributed by atoms with van der Waals surface area (Å²) in [5, 5.41) is 4.49. The number of ether oxygens (including phenoxy) is 1. The van der Waals surface area contributed by atoms with Crippen molar-refractivity contribution < 1.29 is 22.7 Å². The van der Waals surface area contributed by atoms with Gasteiger partial charge in [-0.3, -0.25) is 14.5 Å². The highest BCUT2D eigenvalue weighted by Gasteiger charge is 2.39. The molecule has 0 atom stereocenters. The maximum absolute atomic E-state index is 14.2. The Labute approximate surface area is 234 Å². The lowest BCUT2D eigenvalue weighted by atomic mass is 9.87. The summed E-state index contributed by atoms with van der Waals surface area (Å²) >= 11 is 0. The number of anilines is 1. The summed E-state index contributed by atoms with van der Waals surface area (Å²) in [5.41, 5.74) is 3.18. The molecule has 0 saturated carbocycles. The number of rotatable bonds is 5. The van der Waals surface area contributed by atoms with Crippen LogP contribution in [0.3, 0.4) is 0 Å². The molecule has 5 aromatic rings. The molecule has 1 aliphatic heterocycles. The molecule has 11 heteroatoms. The van der Waals surface area contributed by atoms with E-state index in [0.717, 1.165) is 21.5 Å². The van der Waals surface area contributed by atoms with E-state index in [1.54, 1.807) is 48.8 Å². The van der Waals surface area contributed by atoms with Gasteiger partial charge in [-0.25, -0.2) is 4.98 Å². The average molecular weight is 561 g/mol. The van der Waals surface area contributed by atoms with Crippen LogP contribution in [0.4, 0.5) is 18.9 Å². The van der Waals surface area contributed by atoms with Gasteiger partial charge in [-0.1, -0.05) is 0 Å². The van der Waals surface area contributed by atoms with Crippen molar-refractivity contribution in [2.45, 2.75) is 33.0 Å². The maximum Gasteiger partial charge on any atom is 0.435 e. The number of benzene rings is 2. The Kier molecular flexibility index (Phi) is 6.32. The van der Waals surface area contributed by atoms with Crippen LogP contribution >= 0.6 is 0 Å². The normalized spacial score (nSPS) is 13.6. The first-order chi connectivity index (χ1) is 19.5. The Balaban J connectivity index is 1.53.